The Bertz CT molecular complexity index is 1120. The highest BCUT2D eigenvalue weighted by atomic mass is 19.1. The third kappa shape index (κ3) is 2.90. The summed E-state index contributed by atoms with van der Waals surface area (Å²) in [7, 11) is 1.90. The van der Waals surface area contributed by atoms with Crippen LogP contribution < -0.4 is 5.32 Å². The molecular formula is C20H17FN5. The molecule has 4 aromatic rings. The Labute approximate surface area is 150 Å². The molecule has 3 heterocycles. The lowest BCUT2D eigenvalue weighted by atomic mass is 10.0. The van der Waals surface area contributed by atoms with E-state index in [1.807, 2.05) is 36.9 Å². The molecule has 1 aromatic carbocycles. The van der Waals surface area contributed by atoms with Gasteiger partial charge in [-0.1, -0.05) is 6.07 Å². The molecular weight excluding hydrogens is 329 g/mol. The van der Waals surface area contributed by atoms with Crippen molar-refractivity contribution in [1.29, 1.82) is 0 Å². The summed E-state index contributed by atoms with van der Waals surface area (Å²) in [6.45, 7) is 5.87. The highest BCUT2D eigenvalue weighted by molar-refractivity contribution is 5.87. The molecule has 0 aliphatic carbocycles. The Kier molecular flexibility index (Phi) is 3.88. The molecule has 0 saturated heterocycles. The van der Waals surface area contributed by atoms with Gasteiger partial charge in [0.15, 0.2) is 0 Å². The molecule has 0 amide bonds. The minimum absolute atomic E-state index is 0.379. The number of anilines is 2. The van der Waals surface area contributed by atoms with E-state index in [4.69, 9.17) is 0 Å². The first-order valence-electron chi connectivity index (χ1n) is 8.15. The van der Waals surface area contributed by atoms with Crippen LogP contribution in [-0.4, -0.2) is 19.7 Å². The van der Waals surface area contributed by atoms with Crippen LogP contribution in [0.1, 0.15) is 11.3 Å². The van der Waals surface area contributed by atoms with Gasteiger partial charge in [-0.3, -0.25) is 4.68 Å². The van der Waals surface area contributed by atoms with Crippen molar-refractivity contribution in [2.24, 2.45) is 7.05 Å². The minimum Gasteiger partial charge on any atom is -0.325 e. The number of hydrogen-bond acceptors (Lipinski definition) is 4. The third-order valence-corrected chi connectivity index (χ3v) is 4.38. The van der Waals surface area contributed by atoms with Gasteiger partial charge in [0.2, 0.25) is 0 Å². The van der Waals surface area contributed by atoms with Gasteiger partial charge in [0.25, 0.3) is 0 Å². The second kappa shape index (κ2) is 6.22. The largest absolute Gasteiger partial charge is 0.325 e. The zero-order valence-corrected chi connectivity index (χ0v) is 14.5. The average Bonchev–Trinajstić information content (AvgIpc) is 2.91. The summed E-state index contributed by atoms with van der Waals surface area (Å²) >= 11 is 0. The number of benzene rings is 1. The van der Waals surface area contributed by atoms with Gasteiger partial charge >= 0.3 is 0 Å². The molecule has 0 fully saturated rings. The van der Waals surface area contributed by atoms with Crippen LogP contribution in [0.25, 0.3) is 22.0 Å². The SMILES string of the molecule is [CH2]c1ccnc(Nc2cc(-c3ccc4nn(C)c(C)c4c3)c(F)cn2)c1. The zero-order chi connectivity index (χ0) is 18.3. The lowest BCUT2D eigenvalue weighted by molar-refractivity contribution is 0.625. The fourth-order valence-electron chi connectivity index (χ4n) is 2.89. The van der Waals surface area contributed by atoms with E-state index in [1.165, 1.54) is 6.20 Å². The second-order valence-corrected chi connectivity index (χ2v) is 6.16. The molecule has 0 aliphatic heterocycles. The molecule has 129 valence electrons. The Balaban J connectivity index is 1.75. The molecule has 1 N–H and O–H groups in total. The van der Waals surface area contributed by atoms with Crippen LogP contribution in [0.3, 0.4) is 0 Å². The van der Waals surface area contributed by atoms with E-state index in [1.54, 1.807) is 24.4 Å². The Morgan fingerprint density at radius 1 is 1.08 bits per heavy atom. The number of rotatable bonds is 3. The lowest BCUT2D eigenvalue weighted by Crippen LogP contribution is -1.98. The molecule has 6 heteroatoms. The van der Waals surface area contributed by atoms with E-state index >= 15 is 0 Å². The summed E-state index contributed by atoms with van der Waals surface area (Å²) in [5.41, 5.74) is 4.00. The number of nitrogens with zero attached hydrogens (tertiary/aromatic N) is 4. The fourth-order valence-corrected chi connectivity index (χ4v) is 2.89. The second-order valence-electron chi connectivity index (χ2n) is 6.16. The standard InChI is InChI=1S/C20H17FN5/c1-12-6-7-22-19(8-12)24-20-10-16(17(21)11-23-20)14-4-5-18-15(9-14)13(2)26(3)25-18/h4-11H,1H2,2-3H3,(H,22,23,24). The fraction of sp³-hybridized carbons (Fsp3) is 0.100. The van der Waals surface area contributed by atoms with Crippen molar-refractivity contribution in [1.82, 2.24) is 19.7 Å². The summed E-state index contributed by atoms with van der Waals surface area (Å²) < 4.78 is 16.2. The number of aromatic nitrogens is 4. The predicted octanol–water partition coefficient (Wildman–Crippen LogP) is 4.40. The molecule has 3 aromatic heterocycles. The van der Waals surface area contributed by atoms with Crippen LogP contribution in [0.15, 0.2) is 48.8 Å². The van der Waals surface area contributed by atoms with E-state index in [0.717, 1.165) is 27.7 Å². The van der Waals surface area contributed by atoms with Crippen molar-refractivity contribution in [3.8, 4) is 11.1 Å². The van der Waals surface area contributed by atoms with Crippen LogP contribution >= 0.6 is 0 Å². The summed E-state index contributed by atoms with van der Waals surface area (Å²) in [5, 5.41) is 8.53. The van der Waals surface area contributed by atoms with E-state index in [2.05, 4.69) is 27.3 Å². The van der Waals surface area contributed by atoms with Gasteiger partial charge in [0, 0.05) is 29.9 Å². The van der Waals surface area contributed by atoms with Gasteiger partial charge in [0.05, 0.1) is 11.7 Å². The number of fused-ring (bicyclic) bond motifs is 1. The summed E-state index contributed by atoms with van der Waals surface area (Å²) in [5.74, 6) is 0.749. The zero-order valence-electron chi connectivity index (χ0n) is 14.5. The van der Waals surface area contributed by atoms with E-state index in [9.17, 15) is 4.39 Å². The number of hydrogen-bond donors (Lipinski definition) is 1. The number of nitrogens with one attached hydrogen (secondary N) is 1. The third-order valence-electron chi connectivity index (χ3n) is 4.38. The van der Waals surface area contributed by atoms with Crippen LogP contribution in [0.5, 0.6) is 0 Å². The maximum Gasteiger partial charge on any atom is 0.149 e. The number of halogens is 1. The maximum absolute atomic E-state index is 14.4. The number of aryl methyl sites for hydroxylation is 2. The Morgan fingerprint density at radius 3 is 2.69 bits per heavy atom. The molecule has 0 saturated carbocycles. The molecule has 5 nitrogen and oxygen atoms in total. The predicted molar refractivity (Wildman–Crippen MR) is 101 cm³/mol. The highest BCUT2D eigenvalue weighted by Crippen LogP contribution is 2.29. The molecule has 0 aliphatic rings. The Morgan fingerprint density at radius 2 is 1.88 bits per heavy atom. The molecule has 1 radical (unpaired) electrons. The van der Waals surface area contributed by atoms with E-state index < -0.39 is 0 Å². The van der Waals surface area contributed by atoms with Gasteiger partial charge in [-0.25, -0.2) is 14.4 Å². The monoisotopic (exact) mass is 346 g/mol. The number of pyridine rings is 2. The highest BCUT2D eigenvalue weighted by Gasteiger charge is 2.11. The van der Waals surface area contributed by atoms with Crippen molar-refractivity contribution in [2.75, 3.05) is 5.32 Å². The minimum atomic E-state index is -0.379. The Hall–Kier alpha value is -3.28. The van der Waals surface area contributed by atoms with Gasteiger partial charge in [-0.05, 0) is 55.3 Å². The molecule has 26 heavy (non-hydrogen) atoms. The van der Waals surface area contributed by atoms with E-state index in [-0.39, 0.29) is 5.82 Å². The van der Waals surface area contributed by atoms with Gasteiger partial charge in [-0.2, -0.15) is 5.10 Å². The van der Waals surface area contributed by atoms with Crippen LogP contribution in [-0.2, 0) is 7.05 Å². The van der Waals surface area contributed by atoms with Crippen molar-refractivity contribution in [2.45, 2.75) is 6.92 Å². The lowest BCUT2D eigenvalue weighted by Gasteiger charge is -2.09. The first-order valence-corrected chi connectivity index (χ1v) is 8.15. The quantitative estimate of drug-likeness (QED) is 0.597. The van der Waals surface area contributed by atoms with Crippen LogP contribution in [0.2, 0.25) is 0 Å². The first-order chi connectivity index (χ1) is 12.5. The molecule has 0 spiro atoms. The van der Waals surface area contributed by atoms with Gasteiger partial charge in [0.1, 0.15) is 17.5 Å². The smallest absolute Gasteiger partial charge is 0.149 e. The van der Waals surface area contributed by atoms with Crippen LogP contribution in [0.4, 0.5) is 16.0 Å². The topological polar surface area (TPSA) is 55.6 Å². The van der Waals surface area contributed by atoms with Gasteiger partial charge in [-0.15, -0.1) is 0 Å². The maximum atomic E-state index is 14.4. The molecule has 0 bridgehead atoms. The average molecular weight is 346 g/mol. The van der Waals surface area contributed by atoms with Gasteiger partial charge < -0.3 is 5.32 Å². The summed E-state index contributed by atoms with van der Waals surface area (Å²) in [4.78, 5) is 8.33. The van der Waals surface area contributed by atoms with Crippen molar-refractivity contribution in [3.63, 3.8) is 0 Å². The summed E-state index contributed by atoms with van der Waals surface area (Å²) in [6, 6.07) is 11.0. The van der Waals surface area contributed by atoms with Crippen molar-refractivity contribution in [3.05, 3.63) is 72.8 Å². The van der Waals surface area contributed by atoms with Crippen molar-refractivity contribution >= 4 is 22.5 Å². The molecule has 0 unspecified atom stereocenters. The first kappa shape index (κ1) is 16.2. The molecule has 0 atom stereocenters. The van der Waals surface area contributed by atoms with Crippen molar-refractivity contribution < 1.29 is 4.39 Å². The molecule has 4 rings (SSSR count). The van der Waals surface area contributed by atoms with Crippen LogP contribution in [0, 0.1) is 19.7 Å². The van der Waals surface area contributed by atoms with E-state index in [0.29, 0.717) is 17.2 Å². The normalized spacial score (nSPS) is 11.1. The summed E-state index contributed by atoms with van der Waals surface area (Å²) in [6.07, 6.45) is 2.88.